The van der Waals surface area contributed by atoms with E-state index in [1.54, 1.807) is 66.7 Å². The van der Waals surface area contributed by atoms with Gasteiger partial charge >= 0.3 is 0 Å². The molecule has 10 nitrogen and oxygen atoms in total. The molecule has 0 spiro atoms. The first kappa shape index (κ1) is 30.4. The molecule has 214 valence electrons. The zero-order chi connectivity index (χ0) is 29.3. The van der Waals surface area contributed by atoms with E-state index in [2.05, 4.69) is 32.1 Å². The maximum absolute atomic E-state index is 15.2. The van der Waals surface area contributed by atoms with Crippen LogP contribution in [0, 0.1) is 5.82 Å². The summed E-state index contributed by atoms with van der Waals surface area (Å²) in [5.41, 5.74) is 1.66. The second kappa shape index (κ2) is 13.8. The zero-order valence-corrected chi connectivity index (χ0v) is 23.8. The molecule has 3 rings (SSSR count). The Morgan fingerprint density at radius 1 is 1.27 bits per heavy atom. The number of aryl methyl sites for hydroxylation is 1. The Kier molecular flexibility index (Phi) is 10.5. The van der Waals surface area contributed by atoms with Crippen molar-refractivity contribution < 1.29 is 19.0 Å². The third kappa shape index (κ3) is 8.19. The number of nitrogens with one attached hydrogen (secondary N) is 1. The lowest BCUT2D eigenvalue weighted by Gasteiger charge is -2.16. The summed E-state index contributed by atoms with van der Waals surface area (Å²) in [4.78, 5) is 25.3. The number of carbonyl (C=O) groups is 1. The predicted molar refractivity (Wildman–Crippen MR) is 155 cm³/mol. The van der Waals surface area contributed by atoms with E-state index in [1.807, 2.05) is 13.1 Å². The van der Waals surface area contributed by atoms with Gasteiger partial charge in [-0.3, -0.25) is 14.5 Å². The Morgan fingerprint density at radius 3 is 2.70 bits per heavy atom. The van der Waals surface area contributed by atoms with E-state index in [1.165, 1.54) is 7.11 Å². The van der Waals surface area contributed by atoms with Crippen LogP contribution in [0.3, 0.4) is 0 Å². The molecule has 1 aromatic carbocycles. The molecule has 1 amide bonds. The van der Waals surface area contributed by atoms with Crippen LogP contribution in [-0.2, 0) is 30.7 Å². The molecule has 0 fully saturated rings. The quantitative estimate of drug-likeness (QED) is 0.310. The monoisotopic (exact) mass is 551 g/mol. The highest BCUT2D eigenvalue weighted by atomic mass is 19.1. The van der Waals surface area contributed by atoms with Crippen LogP contribution in [0.4, 0.5) is 21.6 Å². The molecule has 3 aromatic rings. The van der Waals surface area contributed by atoms with Crippen molar-refractivity contribution in [3.8, 4) is 5.75 Å². The lowest BCUT2D eigenvalue weighted by atomic mass is 10.1. The van der Waals surface area contributed by atoms with E-state index in [4.69, 9.17) is 4.74 Å². The number of amides is 1. The second-order valence-corrected chi connectivity index (χ2v) is 9.87. The smallest absolute Gasteiger partial charge is 0.219 e. The second-order valence-electron chi connectivity index (χ2n) is 9.87. The van der Waals surface area contributed by atoms with Gasteiger partial charge in [-0.1, -0.05) is 13.8 Å². The number of halogens is 1. The van der Waals surface area contributed by atoms with Crippen molar-refractivity contribution in [2.24, 2.45) is 15.0 Å². The average Bonchev–Trinajstić information content (AvgIpc) is 3.35. The number of pyridine rings is 1. The average molecular weight is 552 g/mol. The summed E-state index contributed by atoms with van der Waals surface area (Å²) < 4.78 is 24.0. The Hall–Kier alpha value is -4.12. The first-order chi connectivity index (χ1) is 19.1. The maximum Gasteiger partial charge on any atom is 0.219 e. The lowest BCUT2D eigenvalue weighted by molar-refractivity contribution is -0.120. The van der Waals surface area contributed by atoms with Crippen molar-refractivity contribution in [3.05, 3.63) is 59.1 Å². The summed E-state index contributed by atoms with van der Waals surface area (Å²) in [6, 6.07) is 6.68. The van der Waals surface area contributed by atoms with Crippen LogP contribution in [-0.4, -0.2) is 57.5 Å². The van der Waals surface area contributed by atoms with E-state index < -0.39 is 11.4 Å². The number of aromatic nitrogens is 3. The third-order valence-corrected chi connectivity index (χ3v) is 6.03. The van der Waals surface area contributed by atoms with E-state index in [0.717, 1.165) is 5.56 Å². The Morgan fingerprint density at radius 2 is 2.05 bits per heavy atom. The van der Waals surface area contributed by atoms with Gasteiger partial charge in [0.2, 0.25) is 5.91 Å². The summed E-state index contributed by atoms with van der Waals surface area (Å²) in [5, 5.41) is 17.2. The Labute approximate surface area is 234 Å². The maximum atomic E-state index is 15.2. The number of ether oxygens (including phenoxy) is 1. The van der Waals surface area contributed by atoms with Crippen molar-refractivity contribution in [3.63, 3.8) is 0 Å². The SMILES string of the molecule is C=Nc1c(/N=C\Cc2cnn(CC(C)(C)O)c2)cc/c(=N\c2cc(OC)cc(CC)c2F)n1CCNC(=O)CC. The van der Waals surface area contributed by atoms with Gasteiger partial charge in [0.25, 0.3) is 0 Å². The summed E-state index contributed by atoms with van der Waals surface area (Å²) in [6.45, 7) is 11.8. The predicted octanol–water partition coefficient (Wildman–Crippen LogP) is 4.20. The minimum atomic E-state index is -0.870. The summed E-state index contributed by atoms with van der Waals surface area (Å²) in [5.74, 6) is 0.431. The molecule has 0 bridgehead atoms. The number of carbonyl (C=O) groups excluding carboxylic acids is 1. The molecule has 0 saturated heterocycles. The highest BCUT2D eigenvalue weighted by Crippen LogP contribution is 2.29. The van der Waals surface area contributed by atoms with Crippen molar-refractivity contribution in [2.45, 2.75) is 65.6 Å². The fourth-order valence-corrected chi connectivity index (χ4v) is 4.05. The van der Waals surface area contributed by atoms with E-state index in [-0.39, 0.29) is 11.6 Å². The van der Waals surface area contributed by atoms with E-state index in [0.29, 0.717) is 67.2 Å². The van der Waals surface area contributed by atoms with Gasteiger partial charge in [0.1, 0.15) is 22.6 Å². The Balaban J connectivity index is 2.00. The molecular weight excluding hydrogens is 513 g/mol. The largest absolute Gasteiger partial charge is 0.497 e. The molecule has 2 N–H and O–H groups in total. The van der Waals surface area contributed by atoms with Gasteiger partial charge in [0.05, 0.1) is 25.5 Å². The van der Waals surface area contributed by atoms with Crippen molar-refractivity contribution >= 4 is 36.0 Å². The fraction of sp³-hybridized carbons (Fsp3) is 0.414. The number of aliphatic hydroxyl groups is 1. The van der Waals surface area contributed by atoms with Gasteiger partial charge in [-0.15, -0.1) is 0 Å². The molecule has 0 radical (unpaired) electrons. The molecule has 2 aromatic heterocycles. The fourth-order valence-electron chi connectivity index (χ4n) is 4.05. The first-order valence-electron chi connectivity index (χ1n) is 13.2. The molecule has 0 unspecified atom stereocenters. The molecule has 11 heteroatoms. The number of hydrogen-bond donors (Lipinski definition) is 2. The van der Waals surface area contributed by atoms with Gasteiger partial charge in [-0.05, 0) is 56.3 Å². The third-order valence-electron chi connectivity index (χ3n) is 6.03. The van der Waals surface area contributed by atoms with Crippen LogP contribution in [0.1, 0.15) is 45.2 Å². The van der Waals surface area contributed by atoms with Crippen LogP contribution < -0.4 is 15.5 Å². The highest BCUT2D eigenvalue weighted by Gasteiger charge is 2.14. The van der Waals surface area contributed by atoms with Crippen LogP contribution >= 0.6 is 0 Å². The molecule has 0 atom stereocenters. The number of aliphatic imine (C=N–C) groups is 2. The number of methoxy groups -OCH3 is 1. The topological polar surface area (TPSA) is 118 Å². The van der Waals surface area contributed by atoms with Gasteiger partial charge in [0, 0.05) is 44.4 Å². The molecule has 0 aliphatic heterocycles. The van der Waals surface area contributed by atoms with Gasteiger partial charge in [0.15, 0.2) is 11.6 Å². The molecule has 0 aliphatic rings. The molecule has 0 aliphatic carbocycles. The van der Waals surface area contributed by atoms with Gasteiger partial charge < -0.3 is 19.7 Å². The number of hydrogen-bond acceptors (Lipinski definition) is 7. The van der Waals surface area contributed by atoms with Crippen molar-refractivity contribution in [1.82, 2.24) is 19.7 Å². The van der Waals surface area contributed by atoms with Gasteiger partial charge in [-0.25, -0.2) is 14.4 Å². The number of rotatable bonds is 13. The van der Waals surface area contributed by atoms with E-state index >= 15 is 4.39 Å². The van der Waals surface area contributed by atoms with Crippen LogP contribution in [0.5, 0.6) is 5.75 Å². The number of benzene rings is 1. The Bertz CT molecular complexity index is 1430. The molecule has 0 saturated carbocycles. The standard InChI is InChI=1S/C29H38FN7O3/c1-7-21-15-22(40-6)16-24(27(21)30)35-25-10-9-23(28(31-5)37(25)14-13-33-26(38)8-2)32-12-11-20-17-34-36(18-20)19-29(3,4)39/h9-10,12,15-18,39H,5,7-8,11,13-14,19H2,1-4,6H3,(H,33,38)/b32-12-,35-25+. The minimum Gasteiger partial charge on any atom is -0.497 e. The van der Waals surface area contributed by atoms with Crippen molar-refractivity contribution in [2.75, 3.05) is 13.7 Å². The molecule has 2 heterocycles. The molecule has 40 heavy (non-hydrogen) atoms. The minimum absolute atomic E-state index is 0.0852. The lowest BCUT2D eigenvalue weighted by Crippen LogP contribution is -2.30. The highest BCUT2D eigenvalue weighted by molar-refractivity contribution is 5.75. The van der Waals surface area contributed by atoms with Crippen LogP contribution in [0.25, 0.3) is 0 Å². The van der Waals surface area contributed by atoms with Crippen molar-refractivity contribution in [1.29, 1.82) is 0 Å². The van der Waals surface area contributed by atoms with Crippen LogP contribution in [0.15, 0.2) is 51.6 Å². The van der Waals surface area contributed by atoms with Crippen LogP contribution in [0.2, 0.25) is 0 Å². The van der Waals surface area contributed by atoms with Gasteiger partial charge in [-0.2, -0.15) is 5.10 Å². The summed E-state index contributed by atoms with van der Waals surface area (Å²) >= 11 is 0. The first-order valence-corrected chi connectivity index (χ1v) is 13.2. The van der Waals surface area contributed by atoms with E-state index in [9.17, 15) is 9.90 Å². The number of nitrogens with zero attached hydrogens (tertiary/aromatic N) is 6. The zero-order valence-electron chi connectivity index (χ0n) is 23.8. The summed E-state index contributed by atoms with van der Waals surface area (Å²) in [7, 11) is 1.53. The molecular formula is C29H38FN7O3. The normalized spacial score (nSPS) is 12.2. The summed E-state index contributed by atoms with van der Waals surface area (Å²) in [6.07, 6.45) is 6.69.